The van der Waals surface area contributed by atoms with Crippen molar-refractivity contribution in [1.82, 2.24) is 15.1 Å². The Labute approximate surface area is 154 Å². The van der Waals surface area contributed by atoms with Gasteiger partial charge in [-0.05, 0) is 44.8 Å². The lowest BCUT2D eigenvalue weighted by Crippen LogP contribution is -2.45. The van der Waals surface area contributed by atoms with E-state index in [0.717, 1.165) is 25.8 Å². The van der Waals surface area contributed by atoms with Crippen LogP contribution in [0.25, 0.3) is 0 Å². The third kappa shape index (κ3) is 9.20. The summed E-state index contributed by atoms with van der Waals surface area (Å²) in [5, 5.41) is 2.80. The Hall–Kier alpha value is -1.60. The molecule has 0 radical (unpaired) electrons. The van der Waals surface area contributed by atoms with Gasteiger partial charge in [0.15, 0.2) is 0 Å². The summed E-state index contributed by atoms with van der Waals surface area (Å²) in [5.41, 5.74) is -1.35. The van der Waals surface area contributed by atoms with E-state index in [0.29, 0.717) is 24.7 Å². The Balaban J connectivity index is 4.69. The highest BCUT2D eigenvalue weighted by molar-refractivity contribution is 5.31. The first kappa shape index (κ1) is 24.4. The lowest BCUT2D eigenvalue weighted by molar-refractivity contribution is -0.0897. The van der Waals surface area contributed by atoms with E-state index in [4.69, 9.17) is 0 Å². The highest BCUT2D eigenvalue weighted by atomic mass is 19.4. The molecule has 0 spiro atoms. The van der Waals surface area contributed by atoms with E-state index >= 15 is 0 Å². The normalized spacial score (nSPS) is 15.9. The van der Waals surface area contributed by atoms with Gasteiger partial charge in [0, 0.05) is 19.1 Å². The minimum atomic E-state index is -4.77. The number of halogens is 4. The van der Waals surface area contributed by atoms with Crippen molar-refractivity contribution in [3.05, 3.63) is 49.0 Å². The lowest BCUT2D eigenvalue weighted by Gasteiger charge is -2.31. The van der Waals surface area contributed by atoms with Crippen LogP contribution in [-0.4, -0.2) is 55.4 Å². The molecule has 26 heavy (non-hydrogen) atoms. The first-order chi connectivity index (χ1) is 12.1. The molecular weight excluding hydrogens is 346 g/mol. The first-order valence-electron chi connectivity index (χ1n) is 8.61. The van der Waals surface area contributed by atoms with Gasteiger partial charge in [-0.3, -0.25) is 4.90 Å². The van der Waals surface area contributed by atoms with Crippen LogP contribution in [0.5, 0.6) is 0 Å². The van der Waals surface area contributed by atoms with Crippen molar-refractivity contribution in [2.75, 3.05) is 33.4 Å². The number of likely N-dealkylation sites (N-methyl/N-ethyl adjacent to an activating group) is 2. The fraction of sp³-hybridized carbons (Fsp3) is 0.579. The van der Waals surface area contributed by atoms with E-state index < -0.39 is 17.6 Å². The molecule has 0 aliphatic heterocycles. The minimum Gasteiger partial charge on any atom is -0.378 e. The molecule has 0 aromatic carbocycles. The third-order valence-corrected chi connectivity index (χ3v) is 4.01. The topological polar surface area (TPSA) is 18.5 Å². The first-order valence-corrected chi connectivity index (χ1v) is 8.61. The molecule has 0 saturated heterocycles. The van der Waals surface area contributed by atoms with Gasteiger partial charge in [0.1, 0.15) is 5.83 Å². The fourth-order valence-corrected chi connectivity index (χ4v) is 2.52. The maximum absolute atomic E-state index is 13.3. The van der Waals surface area contributed by atoms with Crippen molar-refractivity contribution in [3.8, 4) is 0 Å². The van der Waals surface area contributed by atoms with Crippen LogP contribution in [0.15, 0.2) is 49.0 Å². The Morgan fingerprint density at radius 2 is 1.81 bits per heavy atom. The second-order valence-corrected chi connectivity index (χ2v) is 6.35. The van der Waals surface area contributed by atoms with Crippen LogP contribution in [-0.2, 0) is 0 Å². The van der Waals surface area contributed by atoms with Gasteiger partial charge in [0.2, 0.25) is 0 Å². The zero-order valence-corrected chi connectivity index (χ0v) is 16.1. The molecule has 3 nitrogen and oxygen atoms in total. The van der Waals surface area contributed by atoms with Gasteiger partial charge in [-0.1, -0.05) is 26.5 Å². The summed E-state index contributed by atoms with van der Waals surface area (Å²) in [6.45, 7) is 15.7. The van der Waals surface area contributed by atoms with Crippen molar-refractivity contribution in [1.29, 1.82) is 0 Å². The monoisotopic (exact) mass is 377 g/mol. The molecule has 0 bridgehead atoms. The maximum Gasteiger partial charge on any atom is 0.419 e. The predicted molar refractivity (Wildman–Crippen MR) is 100 cm³/mol. The molecule has 0 aliphatic carbocycles. The molecule has 0 heterocycles. The summed E-state index contributed by atoms with van der Waals surface area (Å²) in [6, 6.07) is 0.199. The van der Waals surface area contributed by atoms with E-state index in [2.05, 4.69) is 42.1 Å². The van der Waals surface area contributed by atoms with E-state index in [1.165, 1.54) is 0 Å². The third-order valence-electron chi connectivity index (χ3n) is 4.01. The Kier molecular flexibility index (Phi) is 11.2. The van der Waals surface area contributed by atoms with E-state index in [1.807, 2.05) is 20.0 Å². The smallest absolute Gasteiger partial charge is 0.378 e. The zero-order valence-electron chi connectivity index (χ0n) is 16.1. The van der Waals surface area contributed by atoms with E-state index in [9.17, 15) is 17.6 Å². The van der Waals surface area contributed by atoms with Crippen LogP contribution >= 0.6 is 0 Å². The molecule has 0 aromatic rings. The summed E-state index contributed by atoms with van der Waals surface area (Å²) < 4.78 is 51.6. The molecule has 0 amide bonds. The highest BCUT2D eigenvalue weighted by Crippen LogP contribution is 2.30. The molecular formula is C19H31F4N3. The lowest BCUT2D eigenvalue weighted by atomic mass is 10.1. The van der Waals surface area contributed by atoms with Gasteiger partial charge >= 0.3 is 6.18 Å². The predicted octanol–water partition coefficient (Wildman–Crippen LogP) is 4.48. The maximum atomic E-state index is 13.3. The summed E-state index contributed by atoms with van der Waals surface area (Å²) in [5.74, 6) is -1.01. The molecule has 2 unspecified atom stereocenters. The van der Waals surface area contributed by atoms with Crippen LogP contribution in [0.3, 0.4) is 0 Å². The number of rotatable bonds is 12. The quantitative estimate of drug-likeness (QED) is 0.234. The minimum absolute atomic E-state index is 0.199. The molecule has 2 atom stereocenters. The van der Waals surface area contributed by atoms with Crippen molar-refractivity contribution in [2.45, 2.75) is 33.0 Å². The second kappa shape index (κ2) is 11.9. The van der Waals surface area contributed by atoms with Crippen LogP contribution in [0.1, 0.15) is 20.8 Å². The second-order valence-electron chi connectivity index (χ2n) is 6.35. The van der Waals surface area contributed by atoms with Crippen LogP contribution in [0, 0.1) is 5.92 Å². The van der Waals surface area contributed by atoms with Crippen molar-refractivity contribution < 1.29 is 17.6 Å². The number of hydrogen-bond donors (Lipinski definition) is 1. The summed E-state index contributed by atoms with van der Waals surface area (Å²) in [6.07, 6.45) is -0.510. The molecule has 0 aromatic heterocycles. The number of allylic oxidation sites excluding steroid dienone is 4. The molecule has 0 rings (SSSR count). The SMILES string of the molecule is C=C/C(F)=C(\C=C\NCN(CC)C(C)CN(C)CC(C)C=C)C(F)(F)F. The molecule has 0 saturated carbocycles. The number of nitrogens with zero attached hydrogens (tertiary/aromatic N) is 2. The summed E-state index contributed by atoms with van der Waals surface area (Å²) >= 11 is 0. The standard InChI is InChI=1S/C19H31F4N3/c1-7-15(4)12-25(6)13-16(5)26(9-3)14-24-11-10-17(18(20)8-2)19(21,22)23/h7-8,10-11,15-16,24H,1-2,9,12-14H2,3-6H3/b11-10+,18-17-. The average Bonchev–Trinajstić information content (AvgIpc) is 2.55. The largest absolute Gasteiger partial charge is 0.419 e. The molecule has 0 fully saturated rings. The molecule has 1 N–H and O–H groups in total. The molecule has 7 heteroatoms. The van der Waals surface area contributed by atoms with Gasteiger partial charge in [0.05, 0.1) is 12.2 Å². The van der Waals surface area contributed by atoms with Gasteiger partial charge in [0.25, 0.3) is 0 Å². The summed E-state index contributed by atoms with van der Waals surface area (Å²) in [4.78, 5) is 4.28. The zero-order chi connectivity index (χ0) is 20.3. The van der Waals surface area contributed by atoms with Crippen LogP contribution in [0.4, 0.5) is 17.6 Å². The van der Waals surface area contributed by atoms with Gasteiger partial charge in [-0.15, -0.1) is 6.58 Å². The summed E-state index contributed by atoms with van der Waals surface area (Å²) in [7, 11) is 2.02. The van der Waals surface area contributed by atoms with Gasteiger partial charge in [-0.2, -0.15) is 13.2 Å². The molecule has 0 aliphatic rings. The number of alkyl halides is 3. The van der Waals surface area contributed by atoms with E-state index in [1.54, 1.807) is 0 Å². The van der Waals surface area contributed by atoms with Gasteiger partial charge in [-0.25, -0.2) is 4.39 Å². The van der Waals surface area contributed by atoms with Crippen LogP contribution < -0.4 is 5.32 Å². The fourth-order valence-electron chi connectivity index (χ4n) is 2.52. The number of hydrogen-bond acceptors (Lipinski definition) is 3. The average molecular weight is 377 g/mol. The number of nitrogens with one attached hydrogen (secondary N) is 1. The Bertz CT molecular complexity index is 498. The van der Waals surface area contributed by atoms with Crippen molar-refractivity contribution >= 4 is 0 Å². The Morgan fingerprint density at radius 1 is 1.19 bits per heavy atom. The van der Waals surface area contributed by atoms with Crippen molar-refractivity contribution in [2.24, 2.45) is 5.92 Å². The Morgan fingerprint density at radius 3 is 2.27 bits per heavy atom. The van der Waals surface area contributed by atoms with Crippen LogP contribution in [0.2, 0.25) is 0 Å². The molecule has 150 valence electrons. The van der Waals surface area contributed by atoms with Gasteiger partial charge < -0.3 is 10.2 Å². The van der Waals surface area contributed by atoms with Crippen molar-refractivity contribution in [3.63, 3.8) is 0 Å². The van der Waals surface area contributed by atoms with E-state index in [-0.39, 0.29) is 6.04 Å². The highest BCUT2D eigenvalue weighted by Gasteiger charge is 2.34.